The number of nitrogens with one attached hydrogen (secondary N) is 1. The second-order valence-electron chi connectivity index (χ2n) is 7.10. The summed E-state index contributed by atoms with van der Waals surface area (Å²) in [5.41, 5.74) is 0. The van der Waals surface area contributed by atoms with E-state index in [9.17, 15) is 0 Å². The van der Waals surface area contributed by atoms with Gasteiger partial charge in [-0.1, -0.05) is 27.2 Å². The molecule has 0 bridgehead atoms. The van der Waals surface area contributed by atoms with E-state index in [0.717, 1.165) is 18.5 Å². The fraction of sp³-hybridized carbons (Fsp3) is 1.00. The van der Waals surface area contributed by atoms with Crippen molar-refractivity contribution in [3.8, 4) is 0 Å². The highest BCUT2D eigenvalue weighted by molar-refractivity contribution is 4.87. The number of nitrogens with zero attached hydrogens (tertiary/aromatic N) is 2. The predicted molar refractivity (Wildman–Crippen MR) is 87.2 cm³/mol. The third-order valence-corrected chi connectivity index (χ3v) is 5.07. The Morgan fingerprint density at radius 1 is 1.10 bits per heavy atom. The molecule has 2 fully saturated rings. The van der Waals surface area contributed by atoms with E-state index in [1.807, 2.05) is 0 Å². The average molecular weight is 281 g/mol. The summed E-state index contributed by atoms with van der Waals surface area (Å²) in [4.78, 5) is 5.46. The van der Waals surface area contributed by atoms with Gasteiger partial charge in [0.25, 0.3) is 0 Å². The van der Waals surface area contributed by atoms with E-state index in [2.05, 4.69) is 35.9 Å². The van der Waals surface area contributed by atoms with Gasteiger partial charge in [-0.25, -0.2) is 0 Å². The molecule has 0 spiro atoms. The molecule has 0 amide bonds. The lowest BCUT2D eigenvalue weighted by Gasteiger charge is -2.33. The molecule has 118 valence electrons. The van der Waals surface area contributed by atoms with Crippen LogP contribution < -0.4 is 5.32 Å². The summed E-state index contributed by atoms with van der Waals surface area (Å²) in [6.45, 7) is 14.7. The van der Waals surface area contributed by atoms with Crippen molar-refractivity contribution in [2.45, 2.75) is 65.0 Å². The number of hydrogen-bond donors (Lipinski definition) is 1. The van der Waals surface area contributed by atoms with Crippen LogP contribution in [0, 0.1) is 5.92 Å². The van der Waals surface area contributed by atoms with E-state index < -0.39 is 0 Å². The normalized spacial score (nSPS) is 27.3. The molecule has 3 heteroatoms. The van der Waals surface area contributed by atoms with Crippen LogP contribution in [0.15, 0.2) is 0 Å². The monoisotopic (exact) mass is 281 g/mol. The SMILES string of the molecule is CCCNC(CN1CCC(N2CCCCC2)C1)C(C)C. The van der Waals surface area contributed by atoms with Crippen molar-refractivity contribution in [2.24, 2.45) is 5.92 Å². The van der Waals surface area contributed by atoms with Gasteiger partial charge in [-0.3, -0.25) is 4.90 Å². The van der Waals surface area contributed by atoms with Crippen LogP contribution in [0.4, 0.5) is 0 Å². The van der Waals surface area contributed by atoms with Gasteiger partial charge in [0.2, 0.25) is 0 Å². The van der Waals surface area contributed by atoms with Gasteiger partial charge in [0.15, 0.2) is 0 Å². The molecule has 0 aromatic carbocycles. The maximum Gasteiger partial charge on any atom is 0.0235 e. The number of rotatable bonds is 7. The van der Waals surface area contributed by atoms with Crippen LogP contribution in [0.2, 0.25) is 0 Å². The third kappa shape index (κ3) is 4.71. The van der Waals surface area contributed by atoms with E-state index in [4.69, 9.17) is 0 Å². The van der Waals surface area contributed by atoms with Crippen molar-refractivity contribution < 1.29 is 0 Å². The number of piperidine rings is 1. The Kier molecular flexibility index (Phi) is 6.79. The van der Waals surface area contributed by atoms with Crippen molar-refractivity contribution >= 4 is 0 Å². The lowest BCUT2D eigenvalue weighted by atomic mass is 10.0. The molecule has 0 radical (unpaired) electrons. The van der Waals surface area contributed by atoms with Crippen LogP contribution in [0.25, 0.3) is 0 Å². The third-order valence-electron chi connectivity index (χ3n) is 5.07. The Morgan fingerprint density at radius 3 is 2.50 bits per heavy atom. The van der Waals surface area contributed by atoms with Gasteiger partial charge in [0.05, 0.1) is 0 Å². The fourth-order valence-electron chi connectivity index (χ4n) is 3.68. The molecule has 2 atom stereocenters. The Hall–Kier alpha value is -0.120. The molecule has 3 nitrogen and oxygen atoms in total. The highest BCUT2D eigenvalue weighted by atomic mass is 15.3. The van der Waals surface area contributed by atoms with E-state index in [-0.39, 0.29) is 0 Å². The van der Waals surface area contributed by atoms with Gasteiger partial charge in [-0.05, 0) is 57.8 Å². The van der Waals surface area contributed by atoms with Crippen LogP contribution in [0.1, 0.15) is 52.9 Å². The molecule has 2 saturated heterocycles. The smallest absolute Gasteiger partial charge is 0.0235 e. The predicted octanol–water partition coefficient (Wildman–Crippen LogP) is 2.57. The van der Waals surface area contributed by atoms with Crippen LogP contribution in [0.3, 0.4) is 0 Å². The van der Waals surface area contributed by atoms with Gasteiger partial charge >= 0.3 is 0 Å². The van der Waals surface area contributed by atoms with Gasteiger partial charge in [-0.2, -0.15) is 0 Å². The summed E-state index contributed by atoms with van der Waals surface area (Å²) in [5, 5.41) is 3.73. The summed E-state index contributed by atoms with van der Waals surface area (Å²) in [6.07, 6.45) is 6.91. The quantitative estimate of drug-likeness (QED) is 0.774. The van der Waals surface area contributed by atoms with Crippen LogP contribution in [-0.4, -0.2) is 61.2 Å². The lowest BCUT2D eigenvalue weighted by molar-refractivity contribution is 0.157. The van der Waals surface area contributed by atoms with Crippen LogP contribution >= 0.6 is 0 Å². The van der Waals surface area contributed by atoms with Gasteiger partial charge in [0, 0.05) is 25.2 Å². The summed E-state index contributed by atoms with van der Waals surface area (Å²) in [5.74, 6) is 0.732. The molecule has 1 N–H and O–H groups in total. The topological polar surface area (TPSA) is 18.5 Å². The number of likely N-dealkylation sites (tertiary alicyclic amines) is 2. The zero-order valence-electron chi connectivity index (χ0n) is 13.9. The Morgan fingerprint density at radius 2 is 1.85 bits per heavy atom. The standard InChI is InChI=1S/C17H35N3/c1-4-9-18-17(15(2)3)14-19-12-8-16(13-19)20-10-6-5-7-11-20/h15-18H,4-14H2,1-3H3. The minimum Gasteiger partial charge on any atom is -0.312 e. The van der Waals surface area contributed by atoms with Crippen molar-refractivity contribution in [2.75, 3.05) is 39.3 Å². The largest absolute Gasteiger partial charge is 0.312 e. The molecule has 2 heterocycles. The maximum atomic E-state index is 3.73. The van der Waals surface area contributed by atoms with Crippen molar-refractivity contribution in [1.82, 2.24) is 15.1 Å². The molecule has 2 aliphatic rings. The summed E-state index contributed by atoms with van der Waals surface area (Å²) >= 11 is 0. The first-order chi connectivity index (χ1) is 9.70. The summed E-state index contributed by atoms with van der Waals surface area (Å²) in [6, 6.07) is 1.50. The zero-order chi connectivity index (χ0) is 14.4. The molecule has 0 saturated carbocycles. The van der Waals surface area contributed by atoms with Crippen molar-refractivity contribution in [3.05, 3.63) is 0 Å². The molecule has 0 aliphatic carbocycles. The van der Waals surface area contributed by atoms with E-state index in [1.54, 1.807) is 0 Å². The van der Waals surface area contributed by atoms with Crippen LogP contribution in [-0.2, 0) is 0 Å². The average Bonchev–Trinajstić information content (AvgIpc) is 2.92. The second-order valence-corrected chi connectivity index (χ2v) is 7.10. The fourth-order valence-corrected chi connectivity index (χ4v) is 3.68. The molecule has 0 aromatic heterocycles. The Bertz CT molecular complexity index is 261. The summed E-state index contributed by atoms with van der Waals surface area (Å²) < 4.78 is 0. The minimum absolute atomic E-state index is 0.662. The Labute approximate surface area is 126 Å². The molecule has 2 unspecified atom stereocenters. The first-order valence-electron chi connectivity index (χ1n) is 8.90. The van der Waals surface area contributed by atoms with E-state index in [1.165, 1.54) is 64.8 Å². The van der Waals surface area contributed by atoms with Crippen molar-refractivity contribution in [3.63, 3.8) is 0 Å². The van der Waals surface area contributed by atoms with E-state index >= 15 is 0 Å². The molecule has 2 rings (SSSR count). The van der Waals surface area contributed by atoms with Gasteiger partial charge in [-0.15, -0.1) is 0 Å². The van der Waals surface area contributed by atoms with Gasteiger partial charge in [0.1, 0.15) is 0 Å². The summed E-state index contributed by atoms with van der Waals surface area (Å²) in [7, 11) is 0. The first-order valence-corrected chi connectivity index (χ1v) is 8.90. The molecular weight excluding hydrogens is 246 g/mol. The van der Waals surface area contributed by atoms with Gasteiger partial charge < -0.3 is 10.2 Å². The zero-order valence-corrected chi connectivity index (χ0v) is 13.9. The maximum absolute atomic E-state index is 3.73. The molecule has 0 aromatic rings. The van der Waals surface area contributed by atoms with E-state index in [0.29, 0.717) is 6.04 Å². The number of hydrogen-bond acceptors (Lipinski definition) is 3. The molecule has 20 heavy (non-hydrogen) atoms. The molecular formula is C17H35N3. The minimum atomic E-state index is 0.662. The van der Waals surface area contributed by atoms with Crippen LogP contribution in [0.5, 0.6) is 0 Å². The van der Waals surface area contributed by atoms with Crippen molar-refractivity contribution in [1.29, 1.82) is 0 Å². The highest BCUT2D eigenvalue weighted by Gasteiger charge is 2.29. The Balaban J connectivity index is 1.76. The lowest BCUT2D eigenvalue weighted by Crippen LogP contribution is -2.45. The highest BCUT2D eigenvalue weighted by Crippen LogP contribution is 2.20. The molecule has 2 aliphatic heterocycles. The second kappa shape index (κ2) is 8.35. The first kappa shape index (κ1) is 16.3.